The van der Waals surface area contributed by atoms with Crippen LogP contribution in [0.4, 0.5) is 0 Å². The standard InChI is InChI=1S/C26H17N/c1-3-8-18(9-4-1)24-16-20-12-7-13-21-17-25(19-10-5-2-6-11-19)23-15-14-22(24)26(23)27(20)21/h1-17H. The molecular weight excluding hydrogens is 326 g/mol. The Labute approximate surface area is 157 Å². The lowest BCUT2D eigenvalue weighted by Gasteiger charge is -2.16. The van der Waals surface area contributed by atoms with Gasteiger partial charge in [-0.15, -0.1) is 0 Å². The van der Waals surface area contributed by atoms with Crippen LogP contribution >= 0.6 is 0 Å². The molecule has 0 aliphatic rings. The van der Waals surface area contributed by atoms with Gasteiger partial charge in [0.25, 0.3) is 0 Å². The van der Waals surface area contributed by atoms with E-state index in [9.17, 15) is 0 Å². The van der Waals surface area contributed by atoms with Gasteiger partial charge in [-0.2, -0.15) is 0 Å². The molecule has 0 spiro atoms. The molecular formula is C26H17N. The number of nitrogens with zero attached hydrogens (tertiary/aromatic N) is 1. The first-order chi connectivity index (χ1) is 13.4. The highest BCUT2D eigenvalue weighted by atomic mass is 14.9. The van der Waals surface area contributed by atoms with Gasteiger partial charge in [0.1, 0.15) is 0 Å². The molecule has 1 nitrogen and oxygen atoms in total. The lowest BCUT2D eigenvalue weighted by atomic mass is 9.98. The van der Waals surface area contributed by atoms with Crippen molar-refractivity contribution >= 4 is 27.3 Å². The quantitative estimate of drug-likeness (QED) is 0.318. The molecule has 1 heteroatoms. The smallest absolute Gasteiger partial charge is 0.0618 e. The van der Waals surface area contributed by atoms with Gasteiger partial charge in [0.2, 0.25) is 0 Å². The maximum absolute atomic E-state index is 2.39. The van der Waals surface area contributed by atoms with Gasteiger partial charge in [-0.3, -0.25) is 0 Å². The van der Waals surface area contributed by atoms with E-state index in [0.717, 1.165) is 0 Å². The molecule has 27 heavy (non-hydrogen) atoms. The van der Waals surface area contributed by atoms with E-state index < -0.39 is 0 Å². The van der Waals surface area contributed by atoms with Crippen LogP contribution in [0, 0.1) is 0 Å². The Hall–Kier alpha value is -3.58. The molecule has 0 bridgehead atoms. The lowest BCUT2D eigenvalue weighted by molar-refractivity contribution is 1.30. The van der Waals surface area contributed by atoms with Crippen molar-refractivity contribution in [2.24, 2.45) is 0 Å². The van der Waals surface area contributed by atoms with Crippen molar-refractivity contribution < 1.29 is 0 Å². The van der Waals surface area contributed by atoms with Crippen molar-refractivity contribution in [1.82, 2.24) is 4.40 Å². The van der Waals surface area contributed by atoms with Gasteiger partial charge >= 0.3 is 0 Å². The van der Waals surface area contributed by atoms with Crippen LogP contribution in [0.5, 0.6) is 0 Å². The van der Waals surface area contributed by atoms with Gasteiger partial charge in [-0.1, -0.05) is 78.9 Å². The highest BCUT2D eigenvalue weighted by Gasteiger charge is 2.16. The number of pyridine rings is 3. The van der Waals surface area contributed by atoms with Crippen molar-refractivity contribution in [3.05, 3.63) is 103 Å². The molecule has 0 aliphatic carbocycles. The summed E-state index contributed by atoms with van der Waals surface area (Å²) in [4.78, 5) is 0. The Morgan fingerprint density at radius 2 is 0.926 bits per heavy atom. The molecule has 0 N–H and O–H groups in total. The van der Waals surface area contributed by atoms with E-state index in [2.05, 4.69) is 108 Å². The summed E-state index contributed by atoms with van der Waals surface area (Å²) in [6.45, 7) is 0. The third-order valence-corrected chi connectivity index (χ3v) is 5.54. The Morgan fingerprint density at radius 3 is 1.41 bits per heavy atom. The van der Waals surface area contributed by atoms with E-state index >= 15 is 0 Å². The zero-order valence-corrected chi connectivity index (χ0v) is 14.8. The first-order valence-electron chi connectivity index (χ1n) is 9.30. The largest absolute Gasteiger partial charge is 0.309 e. The fourth-order valence-corrected chi connectivity index (χ4v) is 4.34. The third-order valence-electron chi connectivity index (χ3n) is 5.54. The first-order valence-corrected chi connectivity index (χ1v) is 9.30. The fraction of sp³-hybridized carbons (Fsp3) is 0. The highest BCUT2D eigenvalue weighted by molar-refractivity contribution is 6.13. The van der Waals surface area contributed by atoms with Gasteiger partial charge in [0, 0.05) is 21.8 Å². The maximum atomic E-state index is 2.39. The van der Waals surface area contributed by atoms with E-state index in [-0.39, 0.29) is 0 Å². The molecule has 0 fully saturated rings. The minimum absolute atomic E-state index is 1.23. The van der Waals surface area contributed by atoms with Crippen molar-refractivity contribution in [3.8, 4) is 22.3 Å². The SMILES string of the molecule is c1ccc(-c2cc3cccc4cc(-c5ccccc5)c5ccc2c5n34)cc1. The topological polar surface area (TPSA) is 4.41 Å². The van der Waals surface area contributed by atoms with Crippen molar-refractivity contribution in [2.45, 2.75) is 0 Å². The molecule has 6 rings (SSSR count). The second-order valence-corrected chi connectivity index (χ2v) is 7.07. The molecule has 3 heterocycles. The van der Waals surface area contributed by atoms with E-state index in [1.54, 1.807) is 0 Å². The predicted molar refractivity (Wildman–Crippen MR) is 114 cm³/mol. The van der Waals surface area contributed by atoms with Crippen LogP contribution in [-0.2, 0) is 0 Å². The molecule has 0 unspecified atom stereocenters. The van der Waals surface area contributed by atoms with E-state index in [1.165, 1.54) is 49.6 Å². The summed E-state index contributed by atoms with van der Waals surface area (Å²) in [6, 6.07) is 37.1. The summed E-state index contributed by atoms with van der Waals surface area (Å²) < 4.78 is 2.39. The second kappa shape index (κ2) is 5.46. The van der Waals surface area contributed by atoms with Crippen LogP contribution in [0.2, 0.25) is 0 Å². The summed E-state index contributed by atoms with van der Waals surface area (Å²) in [6.07, 6.45) is 0. The van der Waals surface area contributed by atoms with Crippen LogP contribution in [-0.4, -0.2) is 4.40 Å². The fourth-order valence-electron chi connectivity index (χ4n) is 4.34. The number of benzene rings is 2. The summed E-state index contributed by atoms with van der Waals surface area (Å²) in [7, 11) is 0. The summed E-state index contributed by atoms with van der Waals surface area (Å²) in [5, 5.41) is 2.62. The van der Waals surface area contributed by atoms with E-state index in [1.807, 2.05) is 0 Å². The van der Waals surface area contributed by atoms with E-state index in [4.69, 9.17) is 0 Å². The molecule has 0 atom stereocenters. The van der Waals surface area contributed by atoms with E-state index in [0.29, 0.717) is 0 Å². The Bertz CT molecular complexity index is 1290. The van der Waals surface area contributed by atoms with Crippen molar-refractivity contribution in [3.63, 3.8) is 0 Å². The maximum Gasteiger partial charge on any atom is 0.0618 e. The van der Waals surface area contributed by atoms with Crippen LogP contribution in [0.3, 0.4) is 0 Å². The zero-order valence-electron chi connectivity index (χ0n) is 14.8. The molecule has 0 radical (unpaired) electrons. The highest BCUT2D eigenvalue weighted by Crippen LogP contribution is 2.40. The molecule has 0 amide bonds. The van der Waals surface area contributed by atoms with Gasteiger partial charge in [0.15, 0.2) is 0 Å². The van der Waals surface area contributed by atoms with Crippen molar-refractivity contribution in [1.29, 1.82) is 0 Å². The predicted octanol–water partition coefficient (Wildman–Crippen LogP) is 7.02. The summed E-state index contributed by atoms with van der Waals surface area (Å²) in [5.74, 6) is 0. The average Bonchev–Trinajstić information content (AvgIpc) is 3.19. The number of aromatic nitrogens is 1. The molecule has 0 saturated heterocycles. The van der Waals surface area contributed by atoms with Crippen LogP contribution in [0.1, 0.15) is 0 Å². The Morgan fingerprint density at radius 1 is 0.444 bits per heavy atom. The summed E-state index contributed by atoms with van der Waals surface area (Å²) in [5.41, 5.74) is 8.89. The second-order valence-electron chi connectivity index (χ2n) is 7.07. The molecule has 0 saturated carbocycles. The van der Waals surface area contributed by atoms with Crippen LogP contribution < -0.4 is 0 Å². The van der Waals surface area contributed by atoms with Gasteiger partial charge < -0.3 is 4.40 Å². The zero-order chi connectivity index (χ0) is 17.8. The lowest BCUT2D eigenvalue weighted by Crippen LogP contribution is -1.96. The molecule has 3 aromatic heterocycles. The van der Waals surface area contributed by atoms with Crippen LogP contribution in [0.25, 0.3) is 49.6 Å². The molecule has 0 aliphatic heterocycles. The molecule has 126 valence electrons. The third kappa shape index (κ3) is 2.06. The van der Waals surface area contributed by atoms with Crippen LogP contribution in [0.15, 0.2) is 103 Å². The normalized spacial score (nSPS) is 11.7. The minimum Gasteiger partial charge on any atom is -0.309 e. The molecule has 3 aromatic carbocycles. The van der Waals surface area contributed by atoms with Crippen molar-refractivity contribution in [2.75, 3.05) is 0 Å². The van der Waals surface area contributed by atoms with Gasteiger partial charge in [-0.25, -0.2) is 0 Å². The van der Waals surface area contributed by atoms with Gasteiger partial charge in [0.05, 0.1) is 5.52 Å². The average molecular weight is 343 g/mol. The van der Waals surface area contributed by atoms with Gasteiger partial charge in [-0.05, 0) is 46.5 Å². The monoisotopic (exact) mass is 343 g/mol. The minimum atomic E-state index is 1.23. The number of hydrogen-bond donors (Lipinski definition) is 0. The first kappa shape index (κ1) is 14.6. The Kier molecular flexibility index (Phi) is 2.95. The number of hydrogen-bond acceptors (Lipinski definition) is 0. The Balaban J connectivity index is 1.81. The molecule has 6 aromatic rings. The number of rotatable bonds is 2. The summed E-state index contributed by atoms with van der Waals surface area (Å²) >= 11 is 0.